The van der Waals surface area contributed by atoms with Gasteiger partial charge in [-0.1, -0.05) is 12.2 Å². The SMILES string of the molecule is CNC1(C)C=CC(N)=CC1. The maximum atomic E-state index is 5.56. The number of rotatable bonds is 1. The first-order valence-electron chi connectivity index (χ1n) is 3.50. The molecule has 0 bridgehead atoms. The molecule has 0 spiro atoms. The molecule has 1 atom stereocenters. The third-order valence-electron chi connectivity index (χ3n) is 1.98. The van der Waals surface area contributed by atoms with Gasteiger partial charge in [0, 0.05) is 11.2 Å². The average molecular weight is 138 g/mol. The van der Waals surface area contributed by atoms with Crippen LogP contribution in [0.2, 0.25) is 0 Å². The van der Waals surface area contributed by atoms with Crippen LogP contribution in [-0.4, -0.2) is 12.6 Å². The fourth-order valence-corrected chi connectivity index (χ4v) is 0.931. The highest BCUT2D eigenvalue weighted by molar-refractivity contribution is 5.25. The fourth-order valence-electron chi connectivity index (χ4n) is 0.931. The molecule has 1 rings (SSSR count). The van der Waals surface area contributed by atoms with Gasteiger partial charge in [0.25, 0.3) is 0 Å². The molecule has 2 nitrogen and oxygen atoms in total. The fraction of sp³-hybridized carbons (Fsp3) is 0.500. The molecule has 0 radical (unpaired) electrons. The van der Waals surface area contributed by atoms with Crippen LogP contribution in [0.1, 0.15) is 13.3 Å². The standard InChI is InChI=1S/C8H14N2/c1-8(10-2)5-3-7(9)4-6-8/h3-5,10H,6,9H2,1-2H3. The molecule has 1 unspecified atom stereocenters. The van der Waals surface area contributed by atoms with E-state index in [9.17, 15) is 0 Å². The van der Waals surface area contributed by atoms with Gasteiger partial charge in [0.05, 0.1) is 0 Å². The summed E-state index contributed by atoms with van der Waals surface area (Å²) < 4.78 is 0. The van der Waals surface area contributed by atoms with Crippen LogP contribution >= 0.6 is 0 Å². The zero-order chi connectivity index (χ0) is 7.61. The summed E-state index contributed by atoms with van der Waals surface area (Å²) in [5, 5.41) is 3.21. The van der Waals surface area contributed by atoms with Crippen molar-refractivity contribution in [1.82, 2.24) is 5.32 Å². The Balaban J connectivity index is 2.67. The minimum atomic E-state index is 0.114. The van der Waals surface area contributed by atoms with Gasteiger partial charge >= 0.3 is 0 Å². The smallest absolute Gasteiger partial charge is 0.0372 e. The molecule has 10 heavy (non-hydrogen) atoms. The topological polar surface area (TPSA) is 38.0 Å². The first kappa shape index (κ1) is 7.35. The van der Waals surface area contributed by atoms with Crippen molar-refractivity contribution in [3.8, 4) is 0 Å². The second-order valence-corrected chi connectivity index (χ2v) is 2.91. The third-order valence-corrected chi connectivity index (χ3v) is 1.98. The van der Waals surface area contributed by atoms with Gasteiger partial charge in [-0.3, -0.25) is 0 Å². The van der Waals surface area contributed by atoms with E-state index in [-0.39, 0.29) is 5.54 Å². The van der Waals surface area contributed by atoms with E-state index >= 15 is 0 Å². The Labute approximate surface area is 61.8 Å². The number of likely N-dealkylation sites (N-methyl/N-ethyl adjacent to an activating group) is 1. The maximum Gasteiger partial charge on any atom is 0.0372 e. The van der Waals surface area contributed by atoms with E-state index in [4.69, 9.17) is 5.73 Å². The number of hydrogen-bond acceptors (Lipinski definition) is 2. The van der Waals surface area contributed by atoms with Gasteiger partial charge in [-0.25, -0.2) is 0 Å². The molecule has 2 heteroatoms. The van der Waals surface area contributed by atoms with E-state index in [1.54, 1.807) is 0 Å². The van der Waals surface area contributed by atoms with Crippen LogP contribution in [0.4, 0.5) is 0 Å². The molecule has 0 saturated carbocycles. The molecule has 56 valence electrons. The van der Waals surface area contributed by atoms with Crippen molar-refractivity contribution in [2.24, 2.45) is 5.73 Å². The van der Waals surface area contributed by atoms with Gasteiger partial charge < -0.3 is 11.1 Å². The molecule has 3 N–H and O–H groups in total. The number of hydrogen-bond donors (Lipinski definition) is 2. The highest BCUT2D eigenvalue weighted by atomic mass is 14.9. The van der Waals surface area contributed by atoms with Crippen LogP contribution in [0.5, 0.6) is 0 Å². The first-order valence-corrected chi connectivity index (χ1v) is 3.50. The van der Waals surface area contributed by atoms with E-state index in [2.05, 4.69) is 18.3 Å². The molecular weight excluding hydrogens is 124 g/mol. The molecular formula is C8H14N2. The lowest BCUT2D eigenvalue weighted by atomic mass is 9.93. The lowest BCUT2D eigenvalue weighted by Crippen LogP contribution is -2.38. The molecule has 1 aliphatic carbocycles. The summed E-state index contributed by atoms with van der Waals surface area (Å²) >= 11 is 0. The van der Waals surface area contributed by atoms with Crippen LogP contribution < -0.4 is 11.1 Å². The van der Waals surface area contributed by atoms with Crippen molar-refractivity contribution in [3.63, 3.8) is 0 Å². The van der Waals surface area contributed by atoms with Gasteiger partial charge in [-0.15, -0.1) is 0 Å². The minimum absolute atomic E-state index is 0.114. The molecule has 1 aliphatic rings. The molecule has 0 aliphatic heterocycles. The molecule has 0 aromatic carbocycles. The Kier molecular flexibility index (Phi) is 1.81. The van der Waals surface area contributed by atoms with Crippen molar-refractivity contribution in [3.05, 3.63) is 23.9 Å². The van der Waals surface area contributed by atoms with E-state index < -0.39 is 0 Å². The molecule has 0 aromatic heterocycles. The highest BCUT2D eigenvalue weighted by Crippen LogP contribution is 2.17. The summed E-state index contributed by atoms with van der Waals surface area (Å²) in [6, 6.07) is 0. The van der Waals surface area contributed by atoms with Crippen molar-refractivity contribution in [1.29, 1.82) is 0 Å². The summed E-state index contributed by atoms with van der Waals surface area (Å²) in [4.78, 5) is 0. The van der Waals surface area contributed by atoms with Crippen molar-refractivity contribution in [2.75, 3.05) is 7.05 Å². The normalized spacial score (nSPS) is 32.0. The molecule has 0 amide bonds. The summed E-state index contributed by atoms with van der Waals surface area (Å²) in [5.41, 5.74) is 6.54. The van der Waals surface area contributed by atoms with E-state index in [1.165, 1.54) is 0 Å². The first-order chi connectivity index (χ1) is 4.66. The molecule has 0 heterocycles. The largest absolute Gasteiger partial charge is 0.399 e. The summed E-state index contributed by atoms with van der Waals surface area (Å²) in [6.45, 7) is 2.15. The quantitative estimate of drug-likeness (QED) is 0.561. The molecule has 0 saturated heterocycles. The third kappa shape index (κ3) is 1.39. The summed E-state index contributed by atoms with van der Waals surface area (Å²) in [6.07, 6.45) is 7.06. The maximum absolute atomic E-state index is 5.56. The molecule has 0 aromatic rings. The number of nitrogens with two attached hydrogens (primary N) is 1. The van der Waals surface area contributed by atoms with Crippen LogP contribution in [0.3, 0.4) is 0 Å². The highest BCUT2D eigenvalue weighted by Gasteiger charge is 2.18. The van der Waals surface area contributed by atoms with Gasteiger partial charge in [0.2, 0.25) is 0 Å². The lowest BCUT2D eigenvalue weighted by Gasteiger charge is -2.26. The predicted molar refractivity (Wildman–Crippen MR) is 43.5 cm³/mol. The summed E-state index contributed by atoms with van der Waals surface area (Å²) in [5.74, 6) is 0. The number of allylic oxidation sites excluding steroid dienone is 1. The minimum Gasteiger partial charge on any atom is -0.399 e. The second kappa shape index (κ2) is 2.46. The van der Waals surface area contributed by atoms with E-state index in [0.717, 1.165) is 12.1 Å². The number of nitrogens with one attached hydrogen (secondary N) is 1. The monoisotopic (exact) mass is 138 g/mol. The van der Waals surface area contributed by atoms with Gasteiger partial charge in [0.15, 0.2) is 0 Å². The Morgan fingerprint density at radius 2 is 2.40 bits per heavy atom. The summed E-state index contributed by atoms with van der Waals surface area (Å²) in [7, 11) is 1.96. The van der Waals surface area contributed by atoms with Gasteiger partial charge in [0.1, 0.15) is 0 Å². The Hall–Kier alpha value is -0.760. The van der Waals surface area contributed by atoms with Crippen molar-refractivity contribution in [2.45, 2.75) is 18.9 Å². The average Bonchev–Trinajstić information content (AvgIpc) is 1.96. The van der Waals surface area contributed by atoms with Gasteiger partial charge in [-0.05, 0) is 26.5 Å². The van der Waals surface area contributed by atoms with Crippen LogP contribution in [0.25, 0.3) is 0 Å². The Bertz CT molecular complexity index is 182. The van der Waals surface area contributed by atoms with E-state index in [0.29, 0.717) is 0 Å². The van der Waals surface area contributed by atoms with Crippen LogP contribution in [0, 0.1) is 0 Å². The van der Waals surface area contributed by atoms with Crippen molar-refractivity contribution < 1.29 is 0 Å². The predicted octanol–water partition coefficient (Wildman–Crippen LogP) is 0.767. The second-order valence-electron chi connectivity index (χ2n) is 2.91. The van der Waals surface area contributed by atoms with Crippen LogP contribution in [-0.2, 0) is 0 Å². The van der Waals surface area contributed by atoms with Crippen LogP contribution in [0.15, 0.2) is 23.9 Å². The molecule has 0 fully saturated rings. The Morgan fingerprint density at radius 3 is 2.80 bits per heavy atom. The lowest BCUT2D eigenvalue weighted by molar-refractivity contribution is 0.479. The van der Waals surface area contributed by atoms with Crippen molar-refractivity contribution >= 4 is 0 Å². The Morgan fingerprint density at radius 1 is 1.70 bits per heavy atom. The zero-order valence-corrected chi connectivity index (χ0v) is 6.52. The van der Waals surface area contributed by atoms with E-state index in [1.807, 2.05) is 19.2 Å². The zero-order valence-electron chi connectivity index (χ0n) is 6.52. The van der Waals surface area contributed by atoms with Gasteiger partial charge in [-0.2, -0.15) is 0 Å².